The molecule has 2 aliphatic rings. The van der Waals surface area contributed by atoms with Gasteiger partial charge in [0.1, 0.15) is 17.2 Å². The summed E-state index contributed by atoms with van der Waals surface area (Å²) >= 11 is 1.44. The molecule has 0 saturated carbocycles. The van der Waals surface area contributed by atoms with E-state index in [1.807, 2.05) is 0 Å². The smallest absolute Gasteiger partial charge is 0.329 e. The van der Waals surface area contributed by atoms with Gasteiger partial charge in [-0.3, -0.25) is 4.79 Å². The average molecular weight is 389 g/mol. The minimum atomic E-state index is -0.729. The van der Waals surface area contributed by atoms with Crippen LogP contribution >= 0.6 is 11.8 Å². The number of carbonyl (C=O) groups is 2. The number of nitrogens with zero attached hydrogens (tertiary/aromatic N) is 1. The van der Waals surface area contributed by atoms with E-state index >= 15 is 0 Å². The number of rotatable bonds is 3. The summed E-state index contributed by atoms with van der Waals surface area (Å²) in [5, 5.41) is -0.423. The van der Waals surface area contributed by atoms with E-state index in [4.69, 9.17) is 14.2 Å². The van der Waals surface area contributed by atoms with Gasteiger partial charge in [-0.15, -0.1) is 11.8 Å². The summed E-state index contributed by atoms with van der Waals surface area (Å²) in [7, 11) is 1.29. The number of ether oxygens (including phenoxy) is 3. The molecule has 2 atom stereocenters. The van der Waals surface area contributed by atoms with Crippen LogP contribution in [0.1, 0.15) is 21.3 Å². The van der Waals surface area contributed by atoms with Crippen LogP contribution in [0.15, 0.2) is 42.5 Å². The van der Waals surface area contributed by atoms with Gasteiger partial charge in [0, 0.05) is 11.3 Å². The van der Waals surface area contributed by atoms with Crippen LogP contribution in [0.25, 0.3) is 0 Å². The summed E-state index contributed by atoms with van der Waals surface area (Å²) in [6, 6.07) is 10.1. The van der Waals surface area contributed by atoms with Crippen molar-refractivity contribution in [3.63, 3.8) is 0 Å². The Morgan fingerprint density at radius 3 is 2.63 bits per heavy atom. The maximum Gasteiger partial charge on any atom is 0.329 e. The molecule has 1 fully saturated rings. The third-order valence-corrected chi connectivity index (χ3v) is 5.81. The fourth-order valence-corrected chi connectivity index (χ4v) is 4.55. The monoisotopic (exact) mass is 389 g/mol. The number of esters is 1. The van der Waals surface area contributed by atoms with Crippen molar-refractivity contribution in [2.45, 2.75) is 11.4 Å². The normalized spacial score (nSPS) is 20.6. The van der Waals surface area contributed by atoms with E-state index in [9.17, 15) is 14.0 Å². The quantitative estimate of drug-likeness (QED) is 0.752. The summed E-state index contributed by atoms with van der Waals surface area (Å²) in [6.07, 6.45) is 0. The lowest BCUT2D eigenvalue weighted by Gasteiger charge is -2.28. The highest BCUT2D eigenvalue weighted by Crippen LogP contribution is 2.43. The number of hydrogen-bond donors (Lipinski definition) is 0. The molecule has 0 spiro atoms. The van der Waals surface area contributed by atoms with E-state index in [1.54, 1.807) is 30.3 Å². The van der Waals surface area contributed by atoms with Gasteiger partial charge in [-0.2, -0.15) is 0 Å². The highest BCUT2D eigenvalue weighted by molar-refractivity contribution is 7.99. The van der Waals surface area contributed by atoms with Gasteiger partial charge in [0.05, 0.1) is 7.11 Å². The highest BCUT2D eigenvalue weighted by atomic mass is 32.2. The minimum absolute atomic E-state index is 0.107. The van der Waals surface area contributed by atoms with Crippen molar-refractivity contribution in [1.29, 1.82) is 0 Å². The second-order valence-corrected chi connectivity index (χ2v) is 7.17. The number of methoxy groups -OCH3 is 1. The molecule has 0 aromatic heterocycles. The summed E-state index contributed by atoms with van der Waals surface area (Å²) in [4.78, 5) is 27.0. The molecule has 2 aromatic rings. The molecule has 0 bridgehead atoms. The molecule has 27 heavy (non-hydrogen) atoms. The molecule has 1 saturated heterocycles. The first kappa shape index (κ1) is 17.7. The maximum atomic E-state index is 13.3. The lowest BCUT2D eigenvalue weighted by Crippen LogP contribution is -2.43. The van der Waals surface area contributed by atoms with Crippen LogP contribution in [0.5, 0.6) is 11.5 Å². The van der Waals surface area contributed by atoms with Gasteiger partial charge in [-0.1, -0.05) is 12.1 Å². The topological polar surface area (TPSA) is 65.1 Å². The first-order chi connectivity index (χ1) is 13.1. The van der Waals surface area contributed by atoms with Crippen molar-refractivity contribution in [3.05, 3.63) is 59.4 Å². The number of amides is 1. The van der Waals surface area contributed by atoms with E-state index in [0.717, 1.165) is 5.56 Å². The van der Waals surface area contributed by atoms with Gasteiger partial charge in [0.15, 0.2) is 11.5 Å². The Hall–Kier alpha value is -2.74. The lowest BCUT2D eigenvalue weighted by atomic mass is 10.1. The predicted octanol–water partition coefficient (Wildman–Crippen LogP) is 2.98. The fourth-order valence-electron chi connectivity index (χ4n) is 3.13. The van der Waals surface area contributed by atoms with Gasteiger partial charge in [0.2, 0.25) is 6.79 Å². The van der Waals surface area contributed by atoms with E-state index < -0.39 is 17.4 Å². The van der Waals surface area contributed by atoms with E-state index in [0.29, 0.717) is 22.8 Å². The lowest BCUT2D eigenvalue weighted by molar-refractivity contribution is -0.145. The Bertz CT molecular complexity index is 888. The van der Waals surface area contributed by atoms with E-state index in [1.165, 1.54) is 35.9 Å². The SMILES string of the molecule is COC(=O)C1CSC(c2ccc(F)cc2)N1C(=O)c1ccc2c(c1)OCO2. The zero-order valence-electron chi connectivity index (χ0n) is 14.4. The highest BCUT2D eigenvalue weighted by Gasteiger charge is 2.43. The predicted molar refractivity (Wildman–Crippen MR) is 96.1 cm³/mol. The van der Waals surface area contributed by atoms with Crippen LogP contribution in [0.2, 0.25) is 0 Å². The Labute approximate surface area is 159 Å². The zero-order chi connectivity index (χ0) is 19.0. The van der Waals surface area contributed by atoms with Gasteiger partial charge < -0.3 is 19.1 Å². The summed E-state index contributed by atoms with van der Waals surface area (Å²) < 4.78 is 28.8. The molecule has 2 aromatic carbocycles. The van der Waals surface area contributed by atoms with Crippen molar-refractivity contribution in [1.82, 2.24) is 4.90 Å². The fraction of sp³-hybridized carbons (Fsp3) is 0.263. The van der Waals surface area contributed by atoms with Gasteiger partial charge in [-0.05, 0) is 35.9 Å². The molecule has 0 radical (unpaired) electrons. The third kappa shape index (κ3) is 3.21. The average Bonchev–Trinajstić information content (AvgIpc) is 3.33. The Balaban J connectivity index is 1.70. The molecule has 140 valence electrons. The van der Waals surface area contributed by atoms with Crippen LogP contribution < -0.4 is 9.47 Å². The molecular weight excluding hydrogens is 373 g/mol. The van der Waals surface area contributed by atoms with Gasteiger partial charge >= 0.3 is 5.97 Å². The molecule has 0 aliphatic carbocycles. The Morgan fingerprint density at radius 2 is 1.89 bits per heavy atom. The molecule has 2 aliphatic heterocycles. The van der Waals surface area contributed by atoms with E-state index in [2.05, 4.69) is 0 Å². The molecule has 1 amide bonds. The Morgan fingerprint density at radius 1 is 1.15 bits per heavy atom. The minimum Gasteiger partial charge on any atom is -0.467 e. The molecule has 2 unspecified atom stereocenters. The maximum absolute atomic E-state index is 13.3. The molecular formula is C19H16FNO5S. The zero-order valence-corrected chi connectivity index (χ0v) is 15.2. The summed E-state index contributed by atoms with van der Waals surface area (Å²) in [6.45, 7) is 0.107. The third-order valence-electron chi connectivity index (χ3n) is 4.48. The second kappa shape index (κ2) is 7.11. The molecule has 2 heterocycles. The molecule has 0 N–H and O–H groups in total. The van der Waals surface area contributed by atoms with Crippen LogP contribution in [-0.2, 0) is 9.53 Å². The van der Waals surface area contributed by atoms with Crippen molar-refractivity contribution < 1.29 is 28.2 Å². The van der Waals surface area contributed by atoms with Gasteiger partial charge in [0.25, 0.3) is 5.91 Å². The van der Waals surface area contributed by atoms with Crippen LogP contribution in [0.3, 0.4) is 0 Å². The Kier molecular flexibility index (Phi) is 4.65. The number of thioether (sulfide) groups is 1. The second-order valence-electron chi connectivity index (χ2n) is 6.06. The van der Waals surface area contributed by atoms with Crippen LogP contribution in [0, 0.1) is 5.82 Å². The molecule has 4 rings (SSSR count). The van der Waals surface area contributed by atoms with Crippen molar-refractivity contribution in [3.8, 4) is 11.5 Å². The molecule has 6 nitrogen and oxygen atoms in total. The number of hydrogen-bond acceptors (Lipinski definition) is 6. The first-order valence-corrected chi connectivity index (χ1v) is 9.30. The van der Waals surface area contributed by atoms with Gasteiger partial charge in [-0.25, -0.2) is 9.18 Å². The number of carbonyl (C=O) groups excluding carboxylic acids is 2. The van der Waals surface area contributed by atoms with Crippen molar-refractivity contribution >= 4 is 23.6 Å². The number of fused-ring (bicyclic) bond motifs is 1. The number of benzene rings is 2. The summed E-state index contributed by atoms with van der Waals surface area (Å²) in [5.41, 5.74) is 1.12. The first-order valence-electron chi connectivity index (χ1n) is 8.25. The van der Waals surface area contributed by atoms with Crippen molar-refractivity contribution in [2.24, 2.45) is 0 Å². The number of halogens is 1. The standard InChI is InChI=1S/C19H16FNO5S/c1-24-19(23)14-9-27-18(11-2-5-13(20)6-3-11)21(14)17(22)12-4-7-15-16(8-12)26-10-25-15/h2-8,14,18H,9-10H2,1H3. The molecule has 8 heteroatoms. The summed E-state index contributed by atoms with van der Waals surface area (Å²) in [5.74, 6) is 0.275. The van der Waals surface area contributed by atoms with E-state index in [-0.39, 0.29) is 18.5 Å². The largest absolute Gasteiger partial charge is 0.467 e. The van der Waals surface area contributed by atoms with Crippen LogP contribution in [0.4, 0.5) is 4.39 Å². The van der Waals surface area contributed by atoms with Crippen molar-refractivity contribution in [2.75, 3.05) is 19.7 Å². The van der Waals surface area contributed by atoms with Crippen LogP contribution in [-0.4, -0.2) is 42.5 Å².